The first-order valence-electron chi connectivity index (χ1n) is 4.02. The van der Waals surface area contributed by atoms with Gasteiger partial charge in [0, 0.05) is 17.3 Å². The van der Waals surface area contributed by atoms with E-state index in [0.717, 1.165) is 11.8 Å². The van der Waals surface area contributed by atoms with Gasteiger partial charge in [0.15, 0.2) is 0 Å². The summed E-state index contributed by atoms with van der Waals surface area (Å²) < 4.78 is 4.44. The van der Waals surface area contributed by atoms with Gasteiger partial charge in [-0.05, 0) is 6.07 Å². The van der Waals surface area contributed by atoms with Crippen LogP contribution in [0.25, 0.3) is 0 Å². The smallest absolute Gasteiger partial charge is 0.336 e. The fourth-order valence-electron chi connectivity index (χ4n) is 0.867. The van der Waals surface area contributed by atoms with Crippen molar-refractivity contribution in [2.75, 3.05) is 12.9 Å². The van der Waals surface area contributed by atoms with E-state index in [-0.39, 0.29) is 11.3 Å². The second-order valence-corrected chi connectivity index (χ2v) is 3.56. The Morgan fingerprint density at radius 2 is 2.33 bits per heavy atom. The lowest BCUT2D eigenvalue weighted by atomic mass is 10.3. The molecule has 1 heterocycles. The molecule has 0 spiro atoms. The molecule has 6 heteroatoms. The van der Waals surface area contributed by atoms with Crippen molar-refractivity contribution in [2.45, 2.75) is 4.90 Å². The van der Waals surface area contributed by atoms with Crippen molar-refractivity contribution < 1.29 is 19.4 Å². The predicted molar refractivity (Wildman–Crippen MR) is 53.9 cm³/mol. The van der Waals surface area contributed by atoms with E-state index in [9.17, 15) is 9.59 Å². The van der Waals surface area contributed by atoms with Crippen molar-refractivity contribution in [1.29, 1.82) is 0 Å². The van der Waals surface area contributed by atoms with Gasteiger partial charge >= 0.3 is 11.9 Å². The zero-order valence-electron chi connectivity index (χ0n) is 7.97. The van der Waals surface area contributed by atoms with E-state index >= 15 is 0 Å². The monoisotopic (exact) mass is 227 g/mol. The highest BCUT2D eigenvalue weighted by Crippen LogP contribution is 2.21. The highest BCUT2D eigenvalue weighted by Gasteiger charge is 2.11. The van der Waals surface area contributed by atoms with Gasteiger partial charge in [0.1, 0.15) is 0 Å². The Hall–Kier alpha value is -1.56. The summed E-state index contributed by atoms with van der Waals surface area (Å²) in [7, 11) is 1.28. The fraction of sp³-hybridized carbons (Fsp3) is 0.222. The van der Waals surface area contributed by atoms with Crippen molar-refractivity contribution >= 4 is 23.7 Å². The number of methoxy groups -OCH3 is 1. The predicted octanol–water partition coefficient (Wildman–Crippen LogP) is 1.04. The van der Waals surface area contributed by atoms with Gasteiger partial charge in [0.2, 0.25) is 0 Å². The van der Waals surface area contributed by atoms with Crippen molar-refractivity contribution in [3.63, 3.8) is 0 Å². The third-order valence-electron chi connectivity index (χ3n) is 1.59. The van der Waals surface area contributed by atoms with Crippen LogP contribution in [0.1, 0.15) is 10.4 Å². The summed E-state index contributed by atoms with van der Waals surface area (Å²) in [5.41, 5.74) is 0.138. The maximum absolute atomic E-state index is 10.9. The van der Waals surface area contributed by atoms with Gasteiger partial charge in [0.05, 0.1) is 18.4 Å². The molecule has 0 fully saturated rings. The number of carboxylic acid groups (broad SMARTS) is 1. The molecule has 15 heavy (non-hydrogen) atoms. The summed E-state index contributed by atoms with van der Waals surface area (Å²) in [6.45, 7) is 0. The summed E-state index contributed by atoms with van der Waals surface area (Å²) >= 11 is 1.09. The van der Waals surface area contributed by atoms with E-state index < -0.39 is 11.9 Å². The molecule has 0 amide bonds. The zero-order chi connectivity index (χ0) is 11.3. The first-order chi connectivity index (χ1) is 7.15. The number of hydrogen-bond acceptors (Lipinski definition) is 5. The molecule has 5 nitrogen and oxygen atoms in total. The molecule has 80 valence electrons. The fourth-order valence-corrected chi connectivity index (χ4v) is 1.70. The molecule has 0 aliphatic rings. The molecule has 1 aromatic rings. The Bertz CT molecular complexity index is 380. The van der Waals surface area contributed by atoms with Crippen LogP contribution >= 0.6 is 11.8 Å². The van der Waals surface area contributed by atoms with Crippen LogP contribution < -0.4 is 0 Å². The highest BCUT2D eigenvalue weighted by atomic mass is 32.2. The van der Waals surface area contributed by atoms with E-state index in [1.54, 1.807) is 0 Å². The third kappa shape index (κ3) is 3.25. The van der Waals surface area contributed by atoms with Gasteiger partial charge in [-0.2, -0.15) is 0 Å². The quantitative estimate of drug-likeness (QED) is 0.612. The molecule has 1 rings (SSSR count). The minimum Gasteiger partial charge on any atom is -0.478 e. The van der Waals surface area contributed by atoms with Gasteiger partial charge in [0.25, 0.3) is 0 Å². The average molecular weight is 227 g/mol. The van der Waals surface area contributed by atoms with Crippen LogP contribution in [0.15, 0.2) is 23.4 Å². The largest absolute Gasteiger partial charge is 0.478 e. The Morgan fingerprint density at radius 1 is 1.60 bits per heavy atom. The Morgan fingerprint density at radius 3 is 2.93 bits per heavy atom. The summed E-state index contributed by atoms with van der Waals surface area (Å²) in [6.07, 6.45) is 2.81. The SMILES string of the molecule is COC(=O)CSc1cnccc1C(=O)O. The Balaban J connectivity index is 2.76. The first-order valence-corrected chi connectivity index (χ1v) is 5.00. The number of esters is 1. The van der Waals surface area contributed by atoms with Crippen LogP contribution in [0.4, 0.5) is 0 Å². The van der Waals surface area contributed by atoms with Crippen LogP contribution in [0.2, 0.25) is 0 Å². The maximum atomic E-state index is 10.9. The Kier molecular flexibility index (Phi) is 4.11. The number of aromatic nitrogens is 1. The molecule has 0 bridgehead atoms. The number of carbonyl (C=O) groups excluding carboxylic acids is 1. The second-order valence-electron chi connectivity index (χ2n) is 2.54. The van der Waals surface area contributed by atoms with Crippen molar-refractivity contribution in [3.8, 4) is 0 Å². The number of ether oxygens (including phenoxy) is 1. The summed E-state index contributed by atoms with van der Waals surface area (Å²) in [5, 5.41) is 8.83. The van der Waals surface area contributed by atoms with Crippen LogP contribution in [-0.2, 0) is 9.53 Å². The number of carbonyl (C=O) groups is 2. The van der Waals surface area contributed by atoms with Crippen LogP contribution in [0, 0.1) is 0 Å². The van der Waals surface area contributed by atoms with Gasteiger partial charge in [-0.3, -0.25) is 9.78 Å². The molecule has 0 saturated carbocycles. The topological polar surface area (TPSA) is 76.5 Å². The molecular formula is C9H9NO4S. The van der Waals surface area contributed by atoms with Crippen molar-refractivity contribution in [1.82, 2.24) is 4.98 Å². The lowest BCUT2D eigenvalue weighted by molar-refractivity contribution is -0.137. The van der Waals surface area contributed by atoms with E-state index in [1.165, 1.54) is 25.6 Å². The normalized spacial score (nSPS) is 9.67. The average Bonchev–Trinajstić information content (AvgIpc) is 2.26. The third-order valence-corrected chi connectivity index (χ3v) is 2.60. The lowest BCUT2D eigenvalue weighted by Gasteiger charge is -2.03. The number of pyridine rings is 1. The number of thioether (sulfide) groups is 1. The minimum absolute atomic E-state index is 0.0719. The molecule has 0 radical (unpaired) electrons. The maximum Gasteiger partial charge on any atom is 0.336 e. The number of hydrogen-bond donors (Lipinski definition) is 1. The number of rotatable bonds is 4. The molecule has 0 atom stereocenters. The van der Waals surface area contributed by atoms with E-state index in [1.807, 2.05) is 0 Å². The molecule has 1 aromatic heterocycles. The summed E-state index contributed by atoms with van der Waals surface area (Å²) in [5.74, 6) is -1.37. The number of carboxylic acids is 1. The zero-order valence-corrected chi connectivity index (χ0v) is 8.78. The van der Waals surface area contributed by atoms with Gasteiger partial charge < -0.3 is 9.84 Å². The highest BCUT2D eigenvalue weighted by molar-refractivity contribution is 8.00. The molecule has 0 aliphatic heterocycles. The summed E-state index contributed by atoms with van der Waals surface area (Å²) in [6, 6.07) is 1.39. The van der Waals surface area contributed by atoms with Crippen LogP contribution in [0.5, 0.6) is 0 Å². The van der Waals surface area contributed by atoms with Crippen LogP contribution in [0.3, 0.4) is 0 Å². The molecule has 0 aliphatic carbocycles. The number of nitrogens with zero attached hydrogens (tertiary/aromatic N) is 1. The van der Waals surface area contributed by atoms with Gasteiger partial charge in [-0.15, -0.1) is 11.8 Å². The lowest BCUT2D eigenvalue weighted by Crippen LogP contribution is -2.05. The summed E-state index contributed by atoms with van der Waals surface area (Å²) in [4.78, 5) is 25.9. The molecule has 0 aromatic carbocycles. The molecule has 1 N–H and O–H groups in total. The Labute approximate surface area is 90.5 Å². The van der Waals surface area contributed by atoms with Crippen LogP contribution in [-0.4, -0.2) is 34.9 Å². The molecule has 0 saturated heterocycles. The standard InChI is InChI=1S/C9H9NO4S/c1-14-8(11)5-15-7-4-10-3-2-6(7)9(12)13/h2-4H,5H2,1H3,(H,12,13). The second kappa shape index (κ2) is 5.35. The van der Waals surface area contributed by atoms with Crippen molar-refractivity contribution in [3.05, 3.63) is 24.0 Å². The van der Waals surface area contributed by atoms with Crippen molar-refractivity contribution in [2.24, 2.45) is 0 Å². The number of aromatic carboxylic acids is 1. The van der Waals surface area contributed by atoms with Gasteiger partial charge in [-0.25, -0.2) is 4.79 Å². The van der Waals surface area contributed by atoms with E-state index in [2.05, 4.69) is 9.72 Å². The first kappa shape index (κ1) is 11.5. The molecule has 0 unspecified atom stereocenters. The van der Waals surface area contributed by atoms with E-state index in [0.29, 0.717) is 4.90 Å². The van der Waals surface area contributed by atoms with E-state index in [4.69, 9.17) is 5.11 Å². The molecular weight excluding hydrogens is 218 g/mol. The van der Waals surface area contributed by atoms with Gasteiger partial charge in [-0.1, -0.05) is 0 Å². The minimum atomic E-state index is -1.04.